The SMILES string of the molecule is CN=C(NCCc1cccc(F)c1)NC1CCN(c2cc(OC)cc(OC)c2)CC1.I. The maximum absolute atomic E-state index is 13.3. The van der Waals surface area contributed by atoms with Crippen LogP contribution in [-0.2, 0) is 6.42 Å². The number of halogens is 2. The summed E-state index contributed by atoms with van der Waals surface area (Å²) < 4.78 is 24.1. The van der Waals surface area contributed by atoms with Gasteiger partial charge in [-0.1, -0.05) is 12.1 Å². The van der Waals surface area contributed by atoms with E-state index in [0.717, 1.165) is 61.1 Å². The zero-order chi connectivity index (χ0) is 21.3. The first kappa shape index (κ1) is 25.0. The molecule has 2 N–H and O–H groups in total. The molecule has 8 heteroatoms. The minimum absolute atomic E-state index is 0. The quantitative estimate of drug-likeness (QED) is 0.317. The van der Waals surface area contributed by atoms with Crippen molar-refractivity contribution in [2.24, 2.45) is 4.99 Å². The Hall–Kier alpha value is -2.23. The monoisotopic (exact) mass is 542 g/mol. The van der Waals surface area contributed by atoms with Crippen LogP contribution in [0.1, 0.15) is 18.4 Å². The molecular formula is C23H32FIN4O2. The Morgan fingerprint density at radius 2 is 1.77 bits per heavy atom. The summed E-state index contributed by atoms with van der Waals surface area (Å²) in [5, 5.41) is 6.84. The molecule has 1 fully saturated rings. The molecule has 0 unspecified atom stereocenters. The van der Waals surface area contributed by atoms with Crippen molar-refractivity contribution in [2.45, 2.75) is 25.3 Å². The average Bonchev–Trinajstić information content (AvgIpc) is 2.78. The first-order valence-corrected chi connectivity index (χ1v) is 10.3. The van der Waals surface area contributed by atoms with Crippen molar-refractivity contribution in [1.82, 2.24) is 10.6 Å². The van der Waals surface area contributed by atoms with Gasteiger partial charge in [-0.05, 0) is 37.0 Å². The Morgan fingerprint density at radius 3 is 2.35 bits per heavy atom. The Morgan fingerprint density at radius 1 is 1.10 bits per heavy atom. The third-order valence-electron chi connectivity index (χ3n) is 5.36. The number of anilines is 1. The zero-order valence-corrected chi connectivity index (χ0v) is 20.7. The fourth-order valence-electron chi connectivity index (χ4n) is 3.66. The molecule has 2 aromatic carbocycles. The minimum atomic E-state index is -0.199. The van der Waals surface area contributed by atoms with Gasteiger partial charge in [0.15, 0.2) is 5.96 Å². The van der Waals surface area contributed by atoms with Crippen LogP contribution in [0.15, 0.2) is 47.5 Å². The van der Waals surface area contributed by atoms with Crippen LogP contribution in [-0.4, -0.2) is 52.9 Å². The van der Waals surface area contributed by atoms with E-state index < -0.39 is 0 Å². The van der Waals surface area contributed by atoms with Gasteiger partial charge in [-0.2, -0.15) is 0 Å². The molecule has 2 aromatic rings. The van der Waals surface area contributed by atoms with Crippen LogP contribution in [0.2, 0.25) is 0 Å². The number of ether oxygens (including phenoxy) is 2. The van der Waals surface area contributed by atoms with Crippen molar-refractivity contribution < 1.29 is 13.9 Å². The second-order valence-corrected chi connectivity index (χ2v) is 7.36. The van der Waals surface area contributed by atoms with Crippen LogP contribution in [0.5, 0.6) is 11.5 Å². The maximum Gasteiger partial charge on any atom is 0.191 e. The number of guanidine groups is 1. The number of aliphatic imine (C=N–C) groups is 1. The second-order valence-electron chi connectivity index (χ2n) is 7.36. The summed E-state index contributed by atoms with van der Waals surface area (Å²) in [6, 6.07) is 13.0. The van der Waals surface area contributed by atoms with Gasteiger partial charge in [0.2, 0.25) is 0 Å². The highest BCUT2D eigenvalue weighted by molar-refractivity contribution is 14.0. The molecule has 0 bridgehead atoms. The van der Waals surface area contributed by atoms with Gasteiger partial charge in [0.05, 0.1) is 14.2 Å². The van der Waals surface area contributed by atoms with Crippen LogP contribution in [0.25, 0.3) is 0 Å². The summed E-state index contributed by atoms with van der Waals surface area (Å²) in [5.41, 5.74) is 2.09. The van der Waals surface area contributed by atoms with E-state index >= 15 is 0 Å². The van der Waals surface area contributed by atoms with Gasteiger partial charge in [-0.3, -0.25) is 4.99 Å². The van der Waals surface area contributed by atoms with E-state index in [2.05, 4.69) is 20.5 Å². The Labute approximate surface area is 201 Å². The number of benzene rings is 2. The lowest BCUT2D eigenvalue weighted by Crippen LogP contribution is -2.49. The molecule has 3 rings (SSSR count). The third kappa shape index (κ3) is 7.45. The number of nitrogens with zero attached hydrogens (tertiary/aromatic N) is 2. The highest BCUT2D eigenvalue weighted by Crippen LogP contribution is 2.30. The van der Waals surface area contributed by atoms with Gasteiger partial charge >= 0.3 is 0 Å². The molecule has 0 spiro atoms. The number of hydrogen-bond acceptors (Lipinski definition) is 4. The number of piperidine rings is 1. The fourth-order valence-corrected chi connectivity index (χ4v) is 3.66. The predicted octanol–water partition coefficient (Wildman–Crippen LogP) is 3.84. The summed E-state index contributed by atoms with van der Waals surface area (Å²) in [6.45, 7) is 2.58. The van der Waals surface area contributed by atoms with Crippen LogP contribution in [0.3, 0.4) is 0 Å². The molecule has 170 valence electrons. The van der Waals surface area contributed by atoms with Gasteiger partial charge in [-0.15, -0.1) is 24.0 Å². The number of nitrogens with one attached hydrogen (secondary N) is 2. The van der Waals surface area contributed by atoms with Crippen LogP contribution in [0, 0.1) is 5.82 Å². The molecule has 0 atom stereocenters. The van der Waals surface area contributed by atoms with Crippen LogP contribution >= 0.6 is 24.0 Å². The maximum atomic E-state index is 13.3. The largest absolute Gasteiger partial charge is 0.497 e. The number of methoxy groups -OCH3 is 2. The Bertz CT molecular complexity index is 835. The average molecular weight is 542 g/mol. The van der Waals surface area contributed by atoms with E-state index in [1.54, 1.807) is 33.4 Å². The molecule has 1 aliphatic rings. The normalized spacial score (nSPS) is 14.6. The lowest BCUT2D eigenvalue weighted by atomic mass is 10.0. The number of rotatable bonds is 7. The molecule has 0 amide bonds. The summed E-state index contributed by atoms with van der Waals surface area (Å²) in [5.74, 6) is 2.18. The minimum Gasteiger partial charge on any atom is -0.497 e. The molecule has 0 saturated carbocycles. The van der Waals surface area contributed by atoms with E-state index in [4.69, 9.17) is 9.47 Å². The van der Waals surface area contributed by atoms with Gasteiger partial charge in [0, 0.05) is 56.6 Å². The fraction of sp³-hybridized carbons (Fsp3) is 0.435. The molecular weight excluding hydrogens is 510 g/mol. The topological polar surface area (TPSA) is 58.1 Å². The van der Waals surface area contributed by atoms with Crippen molar-refractivity contribution in [3.8, 4) is 11.5 Å². The van der Waals surface area contributed by atoms with Crippen molar-refractivity contribution in [1.29, 1.82) is 0 Å². The summed E-state index contributed by atoms with van der Waals surface area (Å²) >= 11 is 0. The highest BCUT2D eigenvalue weighted by atomic mass is 127. The molecule has 0 aliphatic carbocycles. The molecule has 0 radical (unpaired) electrons. The first-order chi connectivity index (χ1) is 14.6. The number of hydrogen-bond donors (Lipinski definition) is 2. The van der Waals surface area contributed by atoms with E-state index in [1.165, 1.54) is 6.07 Å². The molecule has 1 aliphatic heterocycles. The lowest BCUT2D eigenvalue weighted by molar-refractivity contribution is 0.393. The summed E-state index contributed by atoms with van der Waals surface area (Å²) in [6.07, 6.45) is 2.75. The molecule has 1 saturated heterocycles. The smallest absolute Gasteiger partial charge is 0.191 e. The highest BCUT2D eigenvalue weighted by Gasteiger charge is 2.21. The van der Waals surface area contributed by atoms with Gasteiger partial charge in [0.25, 0.3) is 0 Å². The van der Waals surface area contributed by atoms with Crippen molar-refractivity contribution >= 4 is 35.6 Å². The Balaban J connectivity index is 0.00000341. The molecule has 31 heavy (non-hydrogen) atoms. The van der Waals surface area contributed by atoms with Gasteiger partial charge in [-0.25, -0.2) is 4.39 Å². The van der Waals surface area contributed by atoms with Crippen molar-refractivity contribution in [2.75, 3.05) is 45.8 Å². The standard InChI is InChI=1S/C23H31FN4O2.HI/c1-25-23(26-10-7-17-5-4-6-18(24)13-17)27-19-8-11-28(12-9-19)20-14-21(29-2)16-22(15-20)30-3;/h4-6,13-16,19H,7-12H2,1-3H3,(H2,25,26,27);1H. The van der Waals surface area contributed by atoms with E-state index in [1.807, 2.05) is 24.3 Å². The third-order valence-corrected chi connectivity index (χ3v) is 5.36. The molecule has 0 aromatic heterocycles. The first-order valence-electron chi connectivity index (χ1n) is 10.3. The molecule has 6 nitrogen and oxygen atoms in total. The Kier molecular flexibility index (Phi) is 10.2. The van der Waals surface area contributed by atoms with Gasteiger partial charge in [0.1, 0.15) is 17.3 Å². The van der Waals surface area contributed by atoms with Crippen LogP contribution in [0.4, 0.5) is 10.1 Å². The van der Waals surface area contributed by atoms with E-state index in [0.29, 0.717) is 12.6 Å². The zero-order valence-electron chi connectivity index (χ0n) is 18.4. The summed E-state index contributed by atoms with van der Waals surface area (Å²) in [4.78, 5) is 6.68. The second kappa shape index (κ2) is 12.6. The predicted molar refractivity (Wildman–Crippen MR) is 135 cm³/mol. The van der Waals surface area contributed by atoms with Crippen LogP contribution < -0.4 is 25.0 Å². The van der Waals surface area contributed by atoms with E-state index in [9.17, 15) is 4.39 Å². The van der Waals surface area contributed by atoms with Crippen molar-refractivity contribution in [3.63, 3.8) is 0 Å². The van der Waals surface area contributed by atoms with Crippen molar-refractivity contribution in [3.05, 3.63) is 53.8 Å². The van der Waals surface area contributed by atoms with E-state index in [-0.39, 0.29) is 29.8 Å². The lowest BCUT2D eigenvalue weighted by Gasteiger charge is -2.34. The molecule has 1 heterocycles. The van der Waals surface area contributed by atoms with Gasteiger partial charge < -0.3 is 25.0 Å². The summed E-state index contributed by atoms with van der Waals surface area (Å²) in [7, 11) is 5.11.